The molecule has 0 spiro atoms. The van der Waals surface area contributed by atoms with Crippen molar-refractivity contribution in [3.8, 4) is 0 Å². The second-order valence-corrected chi connectivity index (χ2v) is 5.42. The molecule has 2 unspecified atom stereocenters. The summed E-state index contributed by atoms with van der Waals surface area (Å²) in [5.74, 6) is -0.307. The van der Waals surface area contributed by atoms with E-state index in [0.29, 0.717) is 19.5 Å². The van der Waals surface area contributed by atoms with Crippen LogP contribution in [-0.2, 0) is 12.4 Å². The van der Waals surface area contributed by atoms with Crippen molar-refractivity contribution >= 4 is 0 Å². The van der Waals surface area contributed by atoms with E-state index in [1.165, 1.54) is 0 Å². The smallest absolute Gasteiger partial charge is 0.316 e. The van der Waals surface area contributed by atoms with Gasteiger partial charge in [0.15, 0.2) is 0 Å². The van der Waals surface area contributed by atoms with E-state index in [-0.39, 0.29) is 23.5 Å². The molecule has 0 aromatic heterocycles. The van der Waals surface area contributed by atoms with Crippen LogP contribution in [-0.4, -0.2) is 13.1 Å². The fourth-order valence-corrected chi connectivity index (χ4v) is 2.70. The average molecular weight is 311 g/mol. The van der Waals surface area contributed by atoms with Crippen molar-refractivity contribution < 1.29 is 26.3 Å². The number of halogens is 6. The number of nitrogens with one attached hydrogen (secondary N) is 1. The molecule has 1 nitrogen and oxygen atoms in total. The summed E-state index contributed by atoms with van der Waals surface area (Å²) in [6.45, 7) is 3.00. The lowest BCUT2D eigenvalue weighted by Gasteiger charge is -2.30. The summed E-state index contributed by atoms with van der Waals surface area (Å²) >= 11 is 0. The van der Waals surface area contributed by atoms with Crippen LogP contribution in [0.25, 0.3) is 0 Å². The molecule has 0 saturated carbocycles. The van der Waals surface area contributed by atoms with E-state index in [4.69, 9.17) is 0 Å². The van der Waals surface area contributed by atoms with Crippen molar-refractivity contribution in [2.75, 3.05) is 13.1 Å². The highest BCUT2D eigenvalue weighted by atomic mass is 19.4. The summed E-state index contributed by atoms with van der Waals surface area (Å²) in [4.78, 5) is 0. The van der Waals surface area contributed by atoms with E-state index in [1.54, 1.807) is 0 Å². The molecule has 1 heterocycles. The zero-order chi connectivity index (χ0) is 15.8. The third kappa shape index (κ3) is 3.70. The molecule has 7 heteroatoms. The highest BCUT2D eigenvalue weighted by Crippen LogP contribution is 2.40. The van der Waals surface area contributed by atoms with E-state index in [0.717, 1.165) is 12.1 Å². The van der Waals surface area contributed by atoms with Gasteiger partial charge in [0.2, 0.25) is 0 Å². The van der Waals surface area contributed by atoms with Gasteiger partial charge in [0.1, 0.15) is 0 Å². The molecule has 1 aliphatic rings. The lowest BCUT2D eigenvalue weighted by Crippen LogP contribution is -2.34. The molecule has 118 valence electrons. The fourth-order valence-electron chi connectivity index (χ4n) is 2.70. The number of hydrogen-bond donors (Lipinski definition) is 1. The molecule has 0 aliphatic carbocycles. The van der Waals surface area contributed by atoms with Gasteiger partial charge in [-0.15, -0.1) is 0 Å². The Labute approximate surface area is 118 Å². The van der Waals surface area contributed by atoms with Gasteiger partial charge in [0, 0.05) is 0 Å². The zero-order valence-corrected chi connectivity index (χ0v) is 11.3. The van der Waals surface area contributed by atoms with Crippen molar-refractivity contribution in [1.82, 2.24) is 5.32 Å². The van der Waals surface area contributed by atoms with Crippen LogP contribution in [0.15, 0.2) is 18.2 Å². The Morgan fingerprint density at radius 3 is 1.90 bits per heavy atom. The van der Waals surface area contributed by atoms with Crippen molar-refractivity contribution in [1.29, 1.82) is 0 Å². The predicted octanol–water partition coefficient (Wildman–Crippen LogP) is 4.44. The molecule has 21 heavy (non-hydrogen) atoms. The predicted molar refractivity (Wildman–Crippen MR) is 65.8 cm³/mol. The van der Waals surface area contributed by atoms with Gasteiger partial charge in [-0.25, -0.2) is 0 Å². The third-order valence-electron chi connectivity index (χ3n) is 3.82. The van der Waals surface area contributed by atoms with Crippen molar-refractivity contribution in [3.05, 3.63) is 34.9 Å². The Bertz CT molecular complexity index is 473. The quantitative estimate of drug-likeness (QED) is 0.756. The van der Waals surface area contributed by atoms with Crippen LogP contribution in [0, 0.1) is 5.92 Å². The SMILES string of the molecule is CC1CNCCC1c1cc(C(F)(F)F)cc(C(F)(F)F)c1. The van der Waals surface area contributed by atoms with Gasteiger partial charge < -0.3 is 5.32 Å². The molecular weight excluding hydrogens is 296 g/mol. The first-order valence-electron chi connectivity index (χ1n) is 6.59. The van der Waals surface area contributed by atoms with Gasteiger partial charge in [-0.2, -0.15) is 26.3 Å². The molecule has 0 amide bonds. The molecule has 2 rings (SSSR count). The number of rotatable bonds is 1. The van der Waals surface area contributed by atoms with Gasteiger partial charge in [-0.1, -0.05) is 6.92 Å². The topological polar surface area (TPSA) is 12.0 Å². The van der Waals surface area contributed by atoms with Gasteiger partial charge in [0.25, 0.3) is 0 Å². The van der Waals surface area contributed by atoms with Crippen LogP contribution in [0.3, 0.4) is 0 Å². The van der Waals surface area contributed by atoms with Crippen LogP contribution in [0.4, 0.5) is 26.3 Å². The number of benzene rings is 1. The maximum atomic E-state index is 12.8. The van der Waals surface area contributed by atoms with Gasteiger partial charge in [-0.05, 0) is 55.1 Å². The molecule has 0 radical (unpaired) electrons. The first-order chi connectivity index (χ1) is 9.59. The normalized spacial score (nSPS) is 24.1. The molecule has 1 aromatic carbocycles. The Hall–Kier alpha value is -1.24. The Morgan fingerprint density at radius 2 is 1.48 bits per heavy atom. The third-order valence-corrected chi connectivity index (χ3v) is 3.82. The number of alkyl halides is 6. The van der Waals surface area contributed by atoms with Gasteiger partial charge in [-0.3, -0.25) is 0 Å². The van der Waals surface area contributed by atoms with E-state index in [1.807, 2.05) is 6.92 Å². The minimum atomic E-state index is -4.79. The van der Waals surface area contributed by atoms with E-state index >= 15 is 0 Å². The Kier molecular flexibility index (Phi) is 4.24. The van der Waals surface area contributed by atoms with Crippen LogP contribution in [0.2, 0.25) is 0 Å². The highest BCUT2D eigenvalue weighted by Gasteiger charge is 2.38. The summed E-state index contributed by atoms with van der Waals surface area (Å²) in [5.41, 5.74) is -2.36. The van der Waals surface area contributed by atoms with Crippen molar-refractivity contribution in [2.24, 2.45) is 5.92 Å². The minimum absolute atomic E-state index is 0.0108. The number of hydrogen-bond acceptors (Lipinski definition) is 1. The molecule has 1 N–H and O–H groups in total. The molecule has 1 saturated heterocycles. The maximum Gasteiger partial charge on any atom is 0.416 e. The van der Waals surface area contributed by atoms with Crippen LogP contribution < -0.4 is 5.32 Å². The first kappa shape index (κ1) is 16.1. The zero-order valence-electron chi connectivity index (χ0n) is 11.3. The largest absolute Gasteiger partial charge is 0.416 e. The monoisotopic (exact) mass is 311 g/mol. The van der Waals surface area contributed by atoms with E-state index in [2.05, 4.69) is 5.32 Å². The van der Waals surface area contributed by atoms with Crippen LogP contribution in [0.1, 0.15) is 36.0 Å². The van der Waals surface area contributed by atoms with Crippen molar-refractivity contribution in [3.63, 3.8) is 0 Å². The maximum absolute atomic E-state index is 12.8. The number of piperidine rings is 1. The molecule has 1 aromatic rings. The average Bonchev–Trinajstić information content (AvgIpc) is 2.36. The summed E-state index contributed by atoms with van der Waals surface area (Å²) in [6, 6.07) is 1.87. The van der Waals surface area contributed by atoms with Gasteiger partial charge in [0.05, 0.1) is 11.1 Å². The molecular formula is C14H15F6N. The van der Waals surface area contributed by atoms with Gasteiger partial charge >= 0.3 is 12.4 Å². The highest BCUT2D eigenvalue weighted by molar-refractivity contribution is 5.36. The molecule has 1 fully saturated rings. The van der Waals surface area contributed by atoms with Crippen LogP contribution >= 0.6 is 0 Å². The second kappa shape index (κ2) is 5.51. The van der Waals surface area contributed by atoms with E-state index < -0.39 is 23.5 Å². The minimum Gasteiger partial charge on any atom is -0.316 e. The Morgan fingerprint density at radius 1 is 0.952 bits per heavy atom. The van der Waals surface area contributed by atoms with Crippen molar-refractivity contribution in [2.45, 2.75) is 31.6 Å². The lowest BCUT2D eigenvalue weighted by molar-refractivity contribution is -0.143. The first-order valence-corrected chi connectivity index (χ1v) is 6.59. The Balaban J connectivity index is 2.49. The summed E-state index contributed by atoms with van der Waals surface area (Å²) < 4.78 is 76.9. The molecule has 1 aliphatic heterocycles. The van der Waals surface area contributed by atoms with Crippen LogP contribution in [0.5, 0.6) is 0 Å². The summed E-state index contributed by atoms with van der Waals surface area (Å²) in [5, 5.41) is 3.08. The second-order valence-electron chi connectivity index (χ2n) is 5.42. The molecule has 0 bridgehead atoms. The summed E-state index contributed by atoms with van der Waals surface area (Å²) in [6.07, 6.45) is -9.04. The molecule has 2 atom stereocenters. The van der Waals surface area contributed by atoms with E-state index in [9.17, 15) is 26.3 Å². The lowest BCUT2D eigenvalue weighted by atomic mass is 9.81. The fraction of sp³-hybridized carbons (Fsp3) is 0.571. The summed E-state index contributed by atoms with van der Waals surface area (Å²) in [7, 11) is 0. The standard InChI is InChI=1S/C14H15F6N/c1-8-7-21-3-2-12(8)9-4-10(13(15,16)17)6-11(5-9)14(18,19)20/h4-6,8,12,21H,2-3,7H2,1H3.